The summed E-state index contributed by atoms with van der Waals surface area (Å²) in [6.45, 7) is 0.414. The van der Waals surface area contributed by atoms with Crippen LogP contribution in [-0.4, -0.2) is 60.2 Å². The number of sulfonamides is 1. The van der Waals surface area contributed by atoms with Gasteiger partial charge in [0.05, 0.1) is 44.9 Å². The molecule has 174 valence electrons. The van der Waals surface area contributed by atoms with E-state index in [4.69, 9.17) is 18.9 Å². The van der Waals surface area contributed by atoms with Gasteiger partial charge in [-0.2, -0.15) is 4.31 Å². The van der Waals surface area contributed by atoms with Gasteiger partial charge in [0.1, 0.15) is 11.5 Å². The van der Waals surface area contributed by atoms with Crippen LogP contribution >= 0.6 is 0 Å². The van der Waals surface area contributed by atoms with Crippen molar-refractivity contribution in [1.29, 1.82) is 0 Å². The van der Waals surface area contributed by atoms with Crippen LogP contribution in [0.25, 0.3) is 0 Å². The molecule has 3 rings (SSSR count). The summed E-state index contributed by atoms with van der Waals surface area (Å²) >= 11 is 0. The van der Waals surface area contributed by atoms with E-state index in [9.17, 15) is 13.2 Å². The van der Waals surface area contributed by atoms with Crippen molar-refractivity contribution in [3.8, 4) is 23.0 Å². The van der Waals surface area contributed by atoms with Crippen LogP contribution in [0.5, 0.6) is 23.0 Å². The zero-order chi connectivity index (χ0) is 23.3. The highest BCUT2D eigenvalue weighted by molar-refractivity contribution is 7.89. The van der Waals surface area contributed by atoms with Gasteiger partial charge in [0, 0.05) is 25.2 Å². The molecule has 0 saturated carbocycles. The molecular formula is C22H28N2O7S. The highest BCUT2D eigenvalue weighted by atomic mass is 32.2. The van der Waals surface area contributed by atoms with E-state index >= 15 is 0 Å². The van der Waals surface area contributed by atoms with Crippen molar-refractivity contribution >= 4 is 21.6 Å². The lowest BCUT2D eigenvalue weighted by Gasteiger charge is -2.31. The van der Waals surface area contributed by atoms with Crippen LogP contribution in [0, 0.1) is 5.92 Å². The molecule has 0 aromatic heterocycles. The number of methoxy groups -OCH3 is 4. The molecular weight excluding hydrogens is 436 g/mol. The number of hydrogen-bond acceptors (Lipinski definition) is 7. The van der Waals surface area contributed by atoms with E-state index in [1.54, 1.807) is 24.3 Å². The number of rotatable bonds is 8. The van der Waals surface area contributed by atoms with Gasteiger partial charge in [-0.25, -0.2) is 8.42 Å². The Labute approximate surface area is 188 Å². The average Bonchev–Trinajstić information content (AvgIpc) is 2.83. The van der Waals surface area contributed by atoms with Gasteiger partial charge in [-0.3, -0.25) is 4.79 Å². The second kappa shape index (κ2) is 10.1. The Kier molecular flexibility index (Phi) is 7.47. The molecule has 1 heterocycles. The quantitative estimate of drug-likeness (QED) is 0.641. The minimum absolute atomic E-state index is 0.0782. The molecule has 0 aliphatic carbocycles. The van der Waals surface area contributed by atoms with E-state index in [0.29, 0.717) is 48.1 Å². The molecule has 1 atom stereocenters. The molecule has 0 bridgehead atoms. The van der Waals surface area contributed by atoms with Crippen molar-refractivity contribution in [3.05, 3.63) is 36.4 Å². The fourth-order valence-corrected chi connectivity index (χ4v) is 5.19. The number of anilines is 1. The van der Waals surface area contributed by atoms with Gasteiger partial charge >= 0.3 is 0 Å². The molecule has 1 amide bonds. The third-order valence-electron chi connectivity index (χ3n) is 5.41. The van der Waals surface area contributed by atoms with Gasteiger partial charge in [-0.1, -0.05) is 0 Å². The van der Waals surface area contributed by atoms with Gasteiger partial charge in [-0.05, 0) is 37.1 Å². The summed E-state index contributed by atoms with van der Waals surface area (Å²) in [6, 6.07) is 9.54. The first-order valence-corrected chi connectivity index (χ1v) is 11.5. The molecule has 1 N–H and O–H groups in total. The van der Waals surface area contributed by atoms with E-state index in [1.165, 1.54) is 44.9 Å². The Morgan fingerprint density at radius 2 is 1.62 bits per heavy atom. The Bertz CT molecular complexity index is 1070. The second-order valence-corrected chi connectivity index (χ2v) is 9.21. The lowest BCUT2D eigenvalue weighted by molar-refractivity contribution is -0.120. The fourth-order valence-electron chi connectivity index (χ4n) is 3.65. The van der Waals surface area contributed by atoms with E-state index in [1.807, 2.05) is 0 Å². The molecule has 32 heavy (non-hydrogen) atoms. The smallest absolute Gasteiger partial charge is 0.243 e. The first-order valence-electron chi connectivity index (χ1n) is 10.1. The molecule has 1 fully saturated rings. The van der Waals surface area contributed by atoms with Gasteiger partial charge in [0.15, 0.2) is 11.5 Å². The Morgan fingerprint density at radius 1 is 0.938 bits per heavy atom. The zero-order valence-electron chi connectivity index (χ0n) is 18.6. The third kappa shape index (κ3) is 4.91. The Balaban J connectivity index is 1.78. The summed E-state index contributed by atoms with van der Waals surface area (Å²) in [6.07, 6.45) is 1.15. The number of hydrogen-bond donors (Lipinski definition) is 1. The fraction of sp³-hybridized carbons (Fsp3) is 0.409. The summed E-state index contributed by atoms with van der Waals surface area (Å²) < 4.78 is 48.7. The maximum atomic E-state index is 13.2. The summed E-state index contributed by atoms with van der Waals surface area (Å²) in [5.41, 5.74) is 0.469. The maximum absolute atomic E-state index is 13.2. The molecule has 2 aromatic rings. The minimum Gasteiger partial charge on any atom is -0.497 e. The number of ether oxygens (including phenoxy) is 4. The molecule has 1 aliphatic heterocycles. The summed E-state index contributed by atoms with van der Waals surface area (Å²) in [7, 11) is 2.16. The molecule has 2 aromatic carbocycles. The first-order chi connectivity index (χ1) is 15.3. The van der Waals surface area contributed by atoms with Crippen molar-refractivity contribution in [1.82, 2.24) is 4.31 Å². The Morgan fingerprint density at radius 3 is 2.28 bits per heavy atom. The topological polar surface area (TPSA) is 103 Å². The number of carbonyl (C=O) groups excluding carboxylic acids is 1. The van der Waals surface area contributed by atoms with E-state index in [2.05, 4.69) is 5.32 Å². The van der Waals surface area contributed by atoms with E-state index < -0.39 is 15.9 Å². The molecule has 10 heteroatoms. The van der Waals surface area contributed by atoms with Crippen molar-refractivity contribution in [2.75, 3.05) is 46.8 Å². The molecule has 0 unspecified atom stereocenters. The minimum atomic E-state index is -3.81. The van der Waals surface area contributed by atoms with E-state index in [0.717, 1.165) is 0 Å². The van der Waals surface area contributed by atoms with Crippen molar-refractivity contribution < 1.29 is 32.2 Å². The number of nitrogens with zero attached hydrogens (tertiary/aromatic N) is 1. The number of nitrogens with one attached hydrogen (secondary N) is 1. The lowest BCUT2D eigenvalue weighted by atomic mass is 9.98. The highest BCUT2D eigenvalue weighted by Crippen LogP contribution is 2.33. The number of piperidine rings is 1. The van der Waals surface area contributed by atoms with Gasteiger partial charge in [-0.15, -0.1) is 0 Å². The second-order valence-electron chi connectivity index (χ2n) is 7.27. The number of carbonyl (C=O) groups is 1. The first kappa shape index (κ1) is 23.7. The number of benzene rings is 2. The molecule has 9 nitrogen and oxygen atoms in total. The third-order valence-corrected chi connectivity index (χ3v) is 7.27. The maximum Gasteiger partial charge on any atom is 0.243 e. The molecule has 0 radical (unpaired) electrons. The van der Waals surface area contributed by atoms with Crippen LogP contribution in [0.3, 0.4) is 0 Å². The van der Waals surface area contributed by atoms with Crippen LogP contribution in [0.4, 0.5) is 5.69 Å². The van der Waals surface area contributed by atoms with E-state index in [-0.39, 0.29) is 17.3 Å². The van der Waals surface area contributed by atoms with Crippen LogP contribution in [0.2, 0.25) is 0 Å². The van der Waals surface area contributed by atoms with Crippen LogP contribution in [-0.2, 0) is 14.8 Å². The average molecular weight is 465 g/mol. The van der Waals surface area contributed by atoms with Crippen molar-refractivity contribution in [2.24, 2.45) is 5.92 Å². The molecule has 0 spiro atoms. The van der Waals surface area contributed by atoms with Crippen LogP contribution < -0.4 is 24.3 Å². The van der Waals surface area contributed by atoms with Gasteiger partial charge in [0.2, 0.25) is 15.9 Å². The number of amides is 1. The zero-order valence-corrected chi connectivity index (χ0v) is 19.4. The van der Waals surface area contributed by atoms with Crippen LogP contribution in [0.1, 0.15) is 12.8 Å². The van der Waals surface area contributed by atoms with Crippen LogP contribution in [0.15, 0.2) is 41.3 Å². The monoisotopic (exact) mass is 464 g/mol. The summed E-state index contributed by atoms with van der Waals surface area (Å²) in [4.78, 5) is 13.1. The van der Waals surface area contributed by atoms with Gasteiger partial charge in [0.25, 0.3) is 0 Å². The standard InChI is InChI=1S/C22H28N2O7S/c1-28-16-7-9-19(29-2)18(12-16)23-22(25)15-6-5-11-24(14-15)32(26,27)17-8-10-20(30-3)21(13-17)31-4/h7-10,12-13,15H,5-6,11,14H2,1-4H3,(H,23,25)/t15-/m0/s1. The molecule has 1 aliphatic rings. The summed E-state index contributed by atoms with van der Waals surface area (Å²) in [5, 5.41) is 2.85. The predicted octanol–water partition coefficient (Wildman–Crippen LogP) is 2.76. The van der Waals surface area contributed by atoms with Gasteiger partial charge < -0.3 is 24.3 Å². The SMILES string of the molecule is COc1ccc(OC)c(NC(=O)[C@H]2CCCN(S(=O)(=O)c3ccc(OC)c(OC)c3)C2)c1. The highest BCUT2D eigenvalue weighted by Gasteiger charge is 2.34. The Hall–Kier alpha value is -2.98. The predicted molar refractivity (Wildman–Crippen MR) is 119 cm³/mol. The lowest BCUT2D eigenvalue weighted by Crippen LogP contribution is -2.43. The van der Waals surface area contributed by atoms with Crippen molar-refractivity contribution in [3.63, 3.8) is 0 Å². The molecule has 1 saturated heterocycles. The summed E-state index contributed by atoms with van der Waals surface area (Å²) in [5.74, 6) is 1.05. The normalized spacial score (nSPS) is 16.8. The largest absolute Gasteiger partial charge is 0.497 e. The van der Waals surface area contributed by atoms with Crippen molar-refractivity contribution in [2.45, 2.75) is 17.7 Å².